The van der Waals surface area contributed by atoms with Gasteiger partial charge in [-0.2, -0.15) is 0 Å². The van der Waals surface area contributed by atoms with Crippen molar-refractivity contribution < 1.29 is 13.9 Å². The second-order valence-corrected chi connectivity index (χ2v) is 8.06. The molecule has 3 aromatic heterocycles. The smallest absolute Gasteiger partial charge is 0.291 e. The molecule has 5 nitrogen and oxygen atoms in total. The molecule has 0 unspecified atom stereocenters. The Balaban J connectivity index is 1.62. The topological polar surface area (TPSA) is 64.4 Å². The van der Waals surface area contributed by atoms with Crippen LogP contribution in [0.15, 0.2) is 47.1 Å². The van der Waals surface area contributed by atoms with Crippen LogP contribution < -0.4 is 5.32 Å². The molecule has 0 saturated heterocycles. The summed E-state index contributed by atoms with van der Waals surface area (Å²) in [7, 11) is 0. The lowest BCUT2D eigenvalue weighted by atomic mass is 10.1. The monoisotopic (exact) mass is 382 g/mol. The fraction of sp³-hybridized carbons (Fsp3) is 0.158. The number of hydrogen-bond acceptors (Lipinski definition) is 6. The van der Waals surface area contributed by atoms with Gasteiger partial charge in [-0.3, -0.25) is 4.79 Å². The molecule has 0 fully saturated rings. The van der Waals surface area contributed by atoms with E-state index < -0.39 is 0 Å². The van der Waals surface area contributed by atoms with Crippen molar-refractivity contribution >= 4 is 43.8 Å². The normalized spacial score (nSPS) is 13.7. The Hall–Kier alpha value is -2.48. The number of ether oxygens (including phenoxy) is 1. The summed E-state index contributed by atoms with van der Waals surface area (Å²) < 4.78 is 12.0. The summed E-state index contributed by atoms with van der Waals surface area (Å²) in [4.78, 5) is 18.5. The third kappa shape index (κ3) is 2.65. The summed E-state index contributed by atoms with van der Waals surface area (Å²) in [6.07, 6.45) is 2.32. The lowest BCUT2D eigenvalue weighted by Crippen LogP contribution is -2.11. The van der Waals surface area contributed by atoms with Gasteiger partial charge in [-0.1, -0.05) is 12.1 Å². The quantitative estimate of drug-likeness (QED) is 0.545. The number of anilines is 1. The first-order valence-corrected chi connectivity index (χ1v) is 9.86. The summed E-state index contributed by atoms with van der Waals surface area (Å²) in [6, 6.07) is 11.4. The van der Waals surface area contributed by atoms with E-state index in [1.54, 1.807) is 34.8 Å². The van der Waals surface area contributed by atoms with E-state index in [0.29, 0.717) is 19.0 Å². The molecule has 1 amide bonds. The molecular formula is C19H14N2O3S2. The van der Waals surface area contributed by atoms with Crippen LogP contribution in [0.4, 0.5) is 5.00 Å². The highest BCUT2D eigenvalue weighted by atomic mass is 32.1. The van der Waals surface area contributed by atoms with Gasteiger partial charge in [-0.25, -0.2) is 4.98 Å². The van der Waals surface area contributed by atoms with Crippen molar-refractivity contribution in [3.8, 4) is 10.6 Å². The molecule has 1 N–H and O–H groups in total. The number of furan rings is 1. The summed E-state index contributed by atoms with van der Waals surface area (Å²) in [5.74, 6) is 0.0414. The number of carbonyl (C=O) groups excluding carboxylic acids is 1. The van der Waals surface area contributed by atoms with Crippen LogP contribution in [0.1, 0.15) is 21.0 Å². The fourth-order valence-electron chi connectivity index (χ4n) is 3.10. The number of nitrogens with zero attached hydrogens (tertiary/aromatic N) is 1. The molecule has 1 aromatic carbocycles. The lowest BCUT2D eigenvalue weighted by Gasteiger charge is -2.12. The number of para-hydroxylation sites is 1. The van der Waals surface area contributed by atoms with Crippen LogP contribution in [-0.4, -0.2) is 17.5 Å². The minimum Gasteiger partial charge on any atom is -0.459 e. The molecule has 130 valence electrons. The van der Waals surface area contributed by atoms with Crippen LogP contribution in [0.3, 0.4) is 0 Å². The number of aromatic nitrogens is 1. The summed E-state index contributed by atoms with van der Waals surface area (Å²) in [6.45, 7) is 1.27. The van der Waals surface area contributed by atoms with Crippen LogP contribution in [0.25, 0.3) is 20.8 Å². The summed E-state index contributed by atoms with van der Waals surface area (Å²) >= 11 is 3.21. The van der Waals surface area contributed by atoms with Gasteiger partial charge < -0.3 is 14.5 Å². The van der Waals surface area contributed by atoms with Gasteiger partial charge in [-0.15, -0.1) is 22.7 Å². The minimum absolute atomic E-state index is 0.253. The summed E-state index contributed by atoms with van der Waals surface area (Å²) in [5, 5.41) is 4.75. The van der Waals surface area contributed by atoms with Crippen LogP contribution in [0, 0.1) is 0 Å². The Kier molecular flexibility index (Phi) is 3.85. The molecule has 1 aliphatic heterocycles. The number of thiophene rings is 1. The number of thiazole rings is 1. The maximum atomic E-state index is 12.5. The van der Waals surface area contributed by atoms with Gasteiger partial charge in [-0.05, 0) is 36.2 Å². The molecule has 4 aromatic rings. The van der Waals surface area contributed by atoms with Crippen LogP contribution in [0.2, 0.25) is 0 Å². The third-order valence-electron chi connectivity index (χ3n) is 4.30. The molecule has 0 aliphatic carbocycles. The molecule has 0 radical (unpaired) electrons. The number of benzene rings is 1. The highest BCUT2D eigenvalue weighted by Gasteiger charge is 2.26. The fourth-order valence-corrected chi connectivity index (χ4v) is 5.39. The van der Waals surface area contributed by atoms with Crippen LogP contribution >= 0.6 is 22.7 Å². The molecule has 26 heavy (non-hydrogen) atoms. The maximum Gasteiger partial charge on any atom is 0.291 e. The standard InChI is InChI=1S/C19H14N2O3S2/c22-17(13-5-3-8-24-13)21-19-16(11-7-9-23-10-15(11)26-19)18-20-12-4-1-2-6-14(12)25-18/h1-6,8H,7,9-10H2,(H,21,22). The van der Waals surface area contributed by atoms with E-state index in [1.165, 1.54) is 11.8 Å². The Morgan fingerprint density at radius 1 is 1.15 bits per heavy atom. The van der Waals surface area contributed by atoms with Gasteiger partial charge in [0.2, 0.25) is 0 Å². The van der Waals surface area contributed by atoms with E-state index in [9.17, 15) is 4.79 Å². The van der Waals surface area contributed by atoms with Gasteiger partial charge in [0.1, 0.15) is 10.0 Å². The number of hydrogen-bond donors (Lipinski definition) is 1. The molecule has 0 atom stereocenters. The number of nitrogens with one attached hydrogen (secondary N) is 1. The second kappa shape index (κ2) is 6.35. The van der Waals surface area contributed by atoms with Gasteiger partial charge in [0.25, 0.3) is 5.91 Å². The zero-order valence-corrected chi connectivity index (χ0v) is 15.3. The molecule has 5 rings (SSSR count). The van der Waals surface area contributed by atoms with Crippen LogP contribution in [0.5, 0.6) is 0 Å². The van der Waals surface area contributed by atoms with E-state index in [-0.39, 0.29) is 5.91 Å². The predicted molar refractivity (Wildman–Crippen MR) is 103 cm³/mol. The zero-order chi connectivity index (χ0) is 17.5. The lowest BCUT2D eigenvalue weighted by molar-refractivity contribution is 0.0997. The van der Waals surface area contributed by atoms with Crippen molar-refractivity contribution in [2.24, 2.45) is 0 Å². The van der Waals surface area contributed by atoms with E-state index in [2.05, 4.69) is 11.4 Å². The number of amides is 1. The first-order chi connectivity index (χ1) is 12.8. The van der Waals surface area contributed by atoms with Gasteiger partial charge >= 0.3 is 0 Å². The number of rotatable bonds is 3. The highest BCUT2D eigenvalue weighted by Crippen LogP contribution is 2.45. The first-order valence-electron chi connectivity index (χ1n) is 8.22. The highest BCUT2D eigenvalue weighted by molar-refractivity contribution is 7.22. The molecule has 0 bridgehead atoms. The SMILES string of the molecule is O=C(Nc1sc2c(c1-c1nc3ccccc3s1)CCOC2)c1ccco1. The number of fused-ring (bicyclic) bond motifs is 2. The van der Waals surface area contributed by atoms with Crippen LogP contribution in [-0.2, 0) is 17.8 Å². The van der Waals surface area contributed by atoms with Crippen molar-refractivity contribution in [1.29, 1.82) is 0 Å². The Bertz CT molecular complexity index is 1060. The van der Waals surface area contributed by atoms with E-state index in [1.807, 2.05) is 18.2 Å². The van der Waals surface area contributed by atoms with Crippen molar-refractivity contribution in [3.05, 3.63) is 58.9 Å². The molecule has 0 saturated carbocycles. The molecule has 0 spiro atoms. The number of carbonyl (C=O) groups is 1. The Morgan fingerprint density at radius 3 is 2.92 bits per heavy atom. The molecule has 4 heterocycles. The molecule has 7 heteroatoms. The average Bonchev–Trinajstić information content (AvgIpc) is 3.38. The predicted octanol–water partition coefficient (Wildman–Crippen LogP) is 4.94. The Labute approximate surface area is 157 Å². The van der Waals surface area contributed by atoms with Crippen molar-refractivity contribution in [2.75, 3.05) is 11.9 Å². The van der Waals surface area contributed by atoms with Crippen molar-refractivity contribution in [3.63, 3.8) is 0 Å². The third-order valence-corrected chi connectivity index (χ3v) is 6.47. The summed E-state index contributed by atoms with van der Waals surface area (Å²) in [5.41, 5.74) is 3.23. The second-order valence-electron chi connectivity index (χ2n) is 5.93. The van der Waals surface area contributed by atoms with Crippen molar-refractivity contribution in [1.82, 2.24) is 4.98 Å². The minimum atomic E-state index is -0.253. The van der Waals surface area contributed by atoms with Gasteiger partial charge in [0.05, 0.1) is 29.7 Å². The van der Waals surface area contributed by atoms with Gasteiger partial charge in [0, 0.05) is 10.4 Å². The van der Waals surface area contributed by atoms with E-state index in [0.717, 1.165) is 37.1 Å². The van der Waals surface area contributed by atoms with Gasteiger partial charge in [0.15, 0.2) is 5.76 Å². The molecular weight excluding hydrogens is 368 g/mol. The largest absolute Gasteiger partial charge is 0.459 e. The van der Waals surface area contributed by atoms with E-state index in [4.69, 9.17) is 14.1 Å². The Morgan fingerprint density at radius 2 is 2.08 bits per heavy atom. The van der Waals surface area contributed by atoms with Crippen molar-refractivity contribution in [2.45, 2.75) is 13.0 Å². The molecule has 1 aliphatic rings. The van der Waals surface area contributed by atoms with E-state index >= 15 is 0 Å². The first kappa shape index (κ1) is 15.7. The average molecular weight is 382 g/mol. The zero-order valence-electron chi connectivity index (χ0n) is 13.7. The maximum absolute atomic E-state index is 12.5.